The lowest BCUT2D eigenvalue weighted by molar-refractivity contribution is -0.133. The Morgan fingerprint density at radius 1 is 0.912 bits per heavy atom. The van der Waals surface area contributed by atoms with Gasteiger partial charge in [0.05, 0.1) is 10.9 Å². The molecule has 0 bridgehead atoms. The summed E-state index contributed by atoms with van der Waals surface area (Å²) in [6, 6.07) is 14.8. The zero-order valence-corrected chi connectivity index (χ0v) is 19.6. The van der Waals surface area contributed by atoms with Crippen LogP contribution < -0.4 is 4.74 Å². The summed E-state index contributed by atoms with van der Waals surface area (Å²) in [5, 5.41) is 0. The summed E-state index contributed by atoms with van der Waals surface area (Å²) in [5.74, 6) is 0.362. The molecule has 0 N–H and O–H groups in total. The van der Waals surface area contributed by atoms with E-state index in [1.54, 1.807) is 42.6 Å². The minimum atomic E-state index is -0.913. The molecule has 0 aliphatic heterocycles. The van der Waals surface area contributed by atoms with Crippen molar-refractivity contribution in [2.24, 2.45) is 5.41 Å². The molecule has 1 aliphatic rings. The number of benzene rings is 2. The van der Waals surface area contributed by atoms with Crippen LogP contribution in [-0.2, 0) is 22.4 Å². The molecule has 6 nitrogen and oxygen atoms in total. The predicted octanol–water partition coefficient (Wildman–Crippen LogP) is 5.42. The molecule has 0 amide bonds. The number of pyridine rings is 1. The normalized spacial score (nSPS) is 14.1. The molecule has 0 spiro atoms. The van der Waals surface area contributed by atoms with E-state index in [9.17, 15) is 14.0 Å². The quantitative estimate of drug-likeness (QED) is 0.289. The molecule has 5 rings (SSSR count). The molecule has 8 heteroatoms. The predicted molar refractivity (Wildman–Crippen MR) is 127 cm³/mol. The second-order valence-electron chi connectivity index (χ2n) is 8.35. The van der Waals surface area contributed by atoms with Gasteiger partial charge in [0.25, 0.3) is 0 Å². The van der Waals surface area contributed by atoms with Crippen molar-refractivity contribution in [2.45, 2.75) is 25.7 Å². The van der Waals surface area contributed by atoms with E-state index in [0.29, 0.717) is 41.1 Å². The zero-order chi connectivity index (χ0) is 23.7. The van der Waals surface area contributed by atoms with E-state index >= 15 is 0 Å². The van der Waals surface area contributed by atoms with Gasteiger partial charge in [-0.1, -0.05) is 24.3 Å². The van der Waals surface area contributed by atoms with Crippen LogP contribution in [0.4, 0.5) is 4.39 Å². The Labute approximate surface area is 203 Å². The average molecular weight is 520 g/mol. The van der Waals surface area contributed by atoms with Crippen molar-refractivity contribution in [3.63, 3.8) is 0 Å². The Bertz CT molecular complexity index is 1390. The number of hydrogen-bond acceptors (Lipinski definition) is 6. The van der Waals surface area contributed by atoms with Gasteiger partial charge in [-0.05, 0) is 70.2 Å². The van der Waals surface area contributed by atoms with Gasteiger partial charge >= 0.3 is 0 Å². The highest BCUT2D eigenvalue weighted by Crippen LogP contribution is 2.48. The standard InChI is InChI=1S/C26H19BrFN3O3/c27-18-13-21-24(29-14-18)25(31-15-30-21)34-20-7-3-17(4-8-20)12-23(33)26(9-10-26)22(32)11-16-1-5-19(28)6-2-16/h1-8,13-15H,9-12H2. The highest BCUT2D eigenvalue weighted by Gasteiger charge is 2.54. The molecule has 4 aromatic rings. The van der Waals surface area contributed by atoms with Crippen molar-refractivity contribution in [2.75, 3.05) is 0 Å². The van der Waals surface area contributed by atoms with Crippen LogP contribution in [0.1, 0.15) is 24.0 Å². The van der Waals surface area contributed by atoms with Gasteiger partial charge < -0.3 is 4.74 Å². The van der Waals surface area contributed by atoms with E-state index in [0.717, 1.165) is 10.0 Å². The second kappa shape index (κ2) is 9.02. The highest BCUT2D eigenvalue weighted by molar-refractivity contribution is 9.10. The van der Waals surface area contributed by atoms with Crippen molar-refractivity contribution in [3.05, 3.63) is 88.5 Å². The fourth-order valence-corrected chi connectivity index (χ4v) is 4.23. The Morgan fingerprint density at radius 2 is 1.53 bits per heavy atom. The van der Waals surface area contributed by atoms with Crippen molar-refractivity contribution in [1.29, 1.82) is 0 Å². The average Bonchev–Trinajstić information content (AvgIpc) is 3.64. The number of carbonyl (C=O) groups is 2. The smallest absolute Gasteiger partial charge is 0.249 e. The van der Waals surface area contributed by atoms with E-state index in [2.05, 4.69) is 30.9 Å². The third-order valence-corrected chi connectivity index (χ3v) is 6.44. The van der Waals surface area contributed by atoms with Crippen LogP contribution >= 0.6 is 15.9 Å². The maximum atomic E-state index is 13.1. The van der Waals surface area contributed by atoms with Gasteiger partial charge in [-0.15, -0.1) is 0 Å². The summed E-state index contributed by atoms with van der Waals surface area (Å²) in [6.07, 6.45) is 4.50. The van der Waals surface area contributed by atoms with Crippen LogP contribution in [0.5, 0.6) is 11.6 Å². The van der Waals surface area contributed by atoms with E-state index in [1.807, 2.05) is 6.07 Å². The second-order valence-corrected chi connectivity index (χ2v) is 9.27. The summed E-state index contributed by atoms with van der Waals surface area (Å²) in [7, 11) is 0. The lowest BCUT2D eigenvalue weighted by Gasteiger charge is -2.13. The van der Waals surface area contributed by atoms with Crippen molar-refractivity contribution >= 4 is 38.5 Å². The summed E-state index contributed by atoms with van der Waals surface area (Å²) in [5.41, 5.74) is 1.80. The van der Waals surface area contributed by atoms with Crippen LogP contribution in [0.15, 0.2) is 71.6 Å². The molecule has 0 atom stereocenters. The summed E-state index contributed by atoms with van der Waals surface area (Å²) in [6.45, 7) is 0. The van der Waals surface area contributed by atoms with E-state index in [4.69, 9.17) is 4.74 Å². The number of carbonyl (C=O) groups excluding carboxylic acids is 2. The first kappa shape index (κ1) is 22.3. The number of nitrogens with zero attached hydrogens (tertiary/aromatic N) is 3. The van der Waals surface area contributed by atoms with Crippen molar-refractivity contribution < 1.29 is 18.7 Å². The molecule has 2 aromatic carbocycles. The minimum absolute atomic E-state index is 0.0788. The number of halogens is 2. The molecule has 2 heterocycles. The minimum Gasteiger partial charge on any atom is -0.437 e. The Morgan fingerprint density at radius 3 is 2.15 bits per heavy atom. The van der Waals surface area contributed by atoms with Crippen LogP contribution in [0, 0.1) is 11.2 Å². The topological polar surface area (TPSA) is 82.0 Å². The van der Waals surface area contributed by atoms with Crippen molar-refractivity contribution in [3.8, 4) is 11.6 Å². The highest BCUT2D eigenvalue weighted by atomic mass is 79.9. The number of hydrogen-bond donors (Lipinski definition) is 0. The number of ketones is 2. The molecule has 34 heavy (non-hydrogen) atoms. The molecule has 0 unspecified atom stereocenters. The van der Waals surface area contributed by atoms with Crippen LogP contribution in [0.2, 0.25) is 0 Å². The first-order valence-corrected chi connectivity index (χ1v) is 11.6. The zero-order valence-electron chi connectivity index (χ0n) is 18.0. The van der Waals surface area contributed by atoms with E-state index < -0.39 is 5.41 Å². The third-order valence-electron chi connectivity index (χ3n) is 6.01. The molecule has 0 saturated heterocycles. The third kappa shape index (κ3) is 4.59. The van der Waals surface area contributed by atoms with Crippen LogP contribution in [0.25, 0.3) is 11.0 Å². The van der Waals surface area contributed by atoms with E-state index in [1.165, 1.54) is 18.5 Å². The number of rotatable bonds is 8. The van der Waals surface area contributed by atoms with Gasteiger partial charge in [0.2, 0.25) is 5.88 Å². The fourth-order valence-electron chi connectivity index (χ4n) is 3.91. The van der Waals surface area contributed by atoms with Crippen LogP contribution in [0.3, 0.4) is 0 Å². The molecule has 2 aromatic heterocycles. The fraction of sp³-hybridized carbons (Fsp3) is 0.192. The van der Waals surface area contributed by atoms with Gasteiger partial charge in [0, 0.05) is 23.5 Å². The summed E-state index contributed by atoms with van der Waals surface area (Å²) >= 11 is 3.37. The number of ether oxygens (including phenoxy) is 1. The number of aromatic nitrogens is 3. The molecular weight excluding hydrogens is 501 g/mol. The number of Topliss-reactive ketones (excluding diaryl/α,β-unsaturated/α-hetero) is 2. The SMILES string of the molecule is O=C(Cc1ccc(F)cc1)C1(C(=O)Cc2ccc(Oc3ncnc4cc(Br)cnc34)cc2)CC1. The first-order chi connectivity index (χ1) is 16.4. The van der Waals surface area contributed by atoms with Crippen LogP contribution in [-0.4, -0.2) is 26.5 Å². The molecule has 1 saturated carbocycles. The van der Waals surface area contributed by atoms with Gasteiger partial charge in [-0.2, -0.15) is 4.98 Å². The van der Waals surface area contributed by atoms with E-state index in [-0.39, 0.29) is 30.2 Å². The largest absolute Gasteiger partial charge is 0.437 e. The summed E-state index contributed by atoms with van der Waals surface area (Å²) < 4.78 is 19.8. The molecule has 170 valence electrons. The van der Waals surface area contributed by atoms with Gasteiger partial charge in [-0.25, -0.2) is 14.4 Å². The lowest BCUT2D eigenvalue weighted by Crippen LogP contribution is -2.28. The molecule has 1 aliphatic carbocycles. The van der Waals surface area contributed by atoms with Gasteiger partial charge in [0.15, 0.2) is 17.1 Å². The maximum Gasteiger partial charge on any atom is 0.249 e. The van der Waals surface area contributed by atoms with Crippen molar-refractivity contribution in [1.82, 2.24) is 15.0 Å². The molecular formula is C26H19BrFN3O3. The van der Waals surface area contributed by atoms with Gasteiger partial charge in [-0.3, -0.25) is 9.59 Å². The van der Waals surface area contributed by atoms with Gasteiger partial charge in [0.1, 0.15) is 17.9 Å². The molecule has 0 radical (unpaired) electrons. The number of fused-ring (bicyclic) bond motifs is 1. The molecule has 1 fully saturated rings. The Hall–Kier alpha value is -3.52. The lowest BCUT2D eigenvalue weighted by atomic mass is 9.88. The first-order valence-electron chi connectivity index (χ1n) is 10.8. The Kier molecular flexibility index (Phi) is 5.91. The monoisotopic (exact) mass is 519 g/mol. The maximum absolute atomic E-state index is 13.1. The summed E-state index contributed by atoms with van der Waals surface area (Å²) in [4.78, 5) is 38.5. The Balaban J connectivity index is 1.25.